The molecule has 116 valence electrons. The average molecular weight is 327 g/mol. The van der Waals surface area contributed by atoms with Crippen molar-refractivity contribution in [2.24, 2.45) is 7.05 Å². The minimum atomic E-state index is -0.359. The van der Waals surface area contributed by atoms with E-state index in [1.54, 1.807) is 14.0 Å². The molecule has 0 saturated heterocycles. The molecule has 0 saturated carbocycles. The van der Waals surface area contributed by atoms with Crippen molar-refractivity contribution < 1.29 is 4.79 Å². The Kier molecular flexibility index (Phi) is 3.82. The first-order valence-corrected chi connectivity index (χ1v) is 7.62. The first-order chi connectivity index (χ1) is 11.1. The van der Waals surface area contributed by atoms with Crippen molar-refractivity contribution in [2.75, 3.05) is 5.43 Å². The number of carbonyl (C=O) groups is 1. The predicted molar refractivity (Wildman–Crippen MR) is 85.6 cm³/mol. The van der Waals surface area contributed by atoms with Gasteiger partial charge in [0.15, 0.2) is 5.82 Å². The highest BCUT2D eigenvalue weighted by molar-refractivity contribution is 7.08. The topological polar surface area (TPSA) is 111 Å². The number of hydrogen-bond acceptors (Lipinski definition) is 6. The summed E-state index contributed by atoms with van der Waals surface area (Å²) in [5.41, 5.74) is 8.26. The molecule has 3 heterocycles. The number of aryl methyl sites for hydroxylation is 2. The number of hydrogen-bond donors (Lipinski definition) is 3. The van der Waals surface area contributed by atoms with Gasteiger partial charge >= 0.3 is 0 Å². The number of amides is 1. The van der Waals surface area contributed by atoms with Crippen molar-refractivity contribution in [3.8, 4) is 17.3 Å². The molecule has 0 aliphatic heterocycles. The Morgan fingerprint density at radius 1 is 1.52 bits per heavy atom. The second-order valence-corrected chi connectivity index (χ2v) is 5.57. The van der Waals surface area contributed by atoms with E-state index in [0.29, 0.717) is 28.3 Å². The van der Waals surface area contributed by atoms with Crippen LogP contribution in [0.1, 0.15) is 21.6 Å². The van der Waals surface area contributed by atoms with Gasteiger partial charge in [0, 0.05) is 18.0 Å². The number of nitrogens with zero attached hydrogens (tertiary/aromatic N) is 4. The summed E-state index contributed by atoms with van der Waals surface area (Å²) in [7, 11) is 1.69. The maximum absolute atomic E-state index is 12.4. The van der Waals surface area contributed by atoms with Crippen LogP contribution in [0.2, 0.25) is 0 Å². The van der Waals surface area contributed by atoms with Gasteiger partial charge in [-0.3, -0.25) is 25.4 Å². The Balaban J connectivity index is 1.80. The van der Waals surface area contributed by atoms with Gasteiger partial charge in [0.05, 0.1) is 23.1 Å². The number of rotatable bonds is 4. The molecule has 0 fully saturated rings. The third-order valence-electron chi connectivity index (χ3n) is 3.32. The second kappa shape index (κ2) is 5.94. The van der Waals surface area contributed by atoms with Crippen LogP contribution in [-0.2, 0) is 7.05 Å². The number of nitriles is 1. The molecule has 0 aromatic carbocycles. The Morgan fingerprint density at radius 2 is 2.35 bits per heavy atom. The fourth-order valence-corrected chi connectivity index (χ4v) is 2.85. The maximum Gasteiger partial charge on any atom is 0.273 e. The summed E-state index contributed by atoms with van der Waals surface area (Å²) in [5, 5.41) is 23.9. The summed E-state index contributed by atoms with van der Waals surface area (Å²) in [6.45, 7) is 1.73. The monoisotopic (exact) mass is 327 g/mol. The van der Waals surface area contributed by atoms with Crippen molar-refractivity contribution in [3.05, 3.63) is 39.8 Å². The molecule has 3 N–H and O–H groups in total. The van der Waals surface area contributed by atoms with E-state index in [0.717, 1.165) is 5.56 Å². The van der Waals surface area contributed by atoms with Crippen molar-refractivity contribution in [1.29, 1.82) is 5.26 Å². The third kappa shape index (κ3) is 2.67. The van der Waals surface area contributed by atoms with Gasteiger partial charge in [-0.1, -0.05) is 0 Å². The van der Waals surface area contributed by atoms with E-state index >= 15 is 0 Å². The van der Waals surface area contributed by atoms with Crippen LogP contribution >= 0.6 is 11.3 Å². The number of anilines is 1. The first kappa shape index (κ1) is 14.8. The molecular weight excluding hydrogens is 314 g/mol. The summed E-state index contributed by atoms with van der Waals surface area (Å²) < 4.78 is 1.50. The van der Waals surface area contributed by atoms with Gasteiger partial charge in [-0.2, -0.15) is 26.8 Å². The molecule has 0 spiro atoms. The normalized spacial score (nSPS) is 10.3. The lowest BCUT2D eigenvalue weighted by Gasteiger charge is -2.09. The van der Waals surface area contributed by atoms with Crippen molar-refractivity contribution in [2.45, 2.75) is 6.92 Å². The summed E-state index contributed by atoms with van der Waals surface area (Å²) >= 11 is 1.54. The van der Waals surface area contributed by atoms with Gasteiger partial charge in [-0.15, -0.1) is 0 Å². The number of nitrogens with one attached hydrogen (secondary N) is 3. The Bertz CT molecular complexity index is 885. The van der Waals surface area contributed by atoms with Gasteiger partial charge in [0.25, 0.3) is 5.91 Å². The molecule has 0 atom stereocenters. The van der Waals surface area contributed by atoms with Crippen LogP contribution in [0.5, 0.6) is 0 Å². The summed E-state index contributed by atoms with van der Waals surface area (Å²) in [5.74, 6) is 0.0709. The lowest BCUT2D eigenvalue weighted by molar-refractivity contribution is 0.0963. The zero-order valence-electron chi connectivity index (χ0n) is 12.4. The molecule has 3 aromatic heterocycles. The molecular formula is C14H13N7OS. The fraction of sp³-hybridized carbons (Fsp3) is 0.143. The lowest BCUT2D eigenvalue weighted by Crippen LogP contribution is -2.30. The van der Waals surface area contributed by atoms with Crippen LogP contribution in [0.15, 0.2) is 23.0 Å². The zero-order chi connectivity index (χ0) is 16.4. The Morgan fingerprint density at radius 3 is 3.04 bits per heavy atom. The largest absolute Gasteiger partial charge is 0.281 e. The third-order valence-corrected chi connectivity index (χ3v) is 4.01. The van der Waals surface area contributed by atoms with E-state index in [1.807, 2.05) is 16.8 Å². The van der Waals surface area contributed by atoms with E-state index < -0.39 is 0 Å². The van der Waals surface area contributed by atoms with Crippen molar-refractivity contribution in [1.82, 2.24) is 25.4 Å². The van der Waals surface area contributed by atoms with Crippen LogP contribution in [0, 0.1) is 18.3 Å². The van der Waals surface area contributed by atoms with E-state index in [-0.39, 0.29) is 5.91 Å². The number of H-pyrrole nitrogens is 1. The summed E-state index contributed by atoms with van der Waals surface area (Å²) in [4.78, 5) is 12.4. The van der Waals surface area contributed by atoms with Crippen molar-refractivity contribution >= 4 is 23.1 Å². The van der Waals surface area contributed by atoms with Crippen molar-refractivity contribution in [3.63, 3.8) is 0 Å². The van der Waals surface area contributed by atoms with Crippen LogP contribution in [0.4, 0.5) is 5.82 Å². The van der Waals surface area contributed by atoms with E-state index in [4.69, 9.17) is 5.26 Å². The van der Waals surface area contributed by atoms with E-state index in [2.05, 4.69) is 32.2 Å². The lowest BCUT2D eigenvalue weighted by atomic mass is 10.1. The summed E-state index contributed by atoms with van der Waals surface area (Å²) in [6.07, 6.45) is 1.46. The maximum atomic E-state index is 12.4. The smallest absolute Gasteiger partial charge is 0.273 e. The molecule has 3 rings (SSSR count). The zero-order valence-corrected chi connectivity index (χ0v) is 13.2. The van der Waals surface area contributed by atoms with Gasteiger partial charge in [-0.05, 0) is 18.4 Å². The SMILES string of the molecule is Cc1nn(C)c(NNC(=O)c2cn[nH]c2-c2ccsc2)c1C#N. The van der Waals surface area contributed by atoms with E-state index in [1.165, 1.54) is 22.2 Å². The molecule has 1 amide bonds. The predicted octanol–water partition coefficient (Wildman–Crippen LogP) is 1.81. The second-order valence-electron chi connectivity index (χ2n) is 4.79. The molecule has 3 aromatic rings. The first-order valence-electron chi connectivity index (χ1n) is 6.67. The fourth-order valence-electron chi connectivity index (χ4n) is 2.20. The molecule has 0 unspecified atom stereocenters. The van der Waals surface area contributed by atoms with Gasteiger partial charge in [0.1, 0.15) is 11.6 Å². The van der Waals surface area contributed by atoms with Crippen LogP contribution in [0.25, 0.3) is 11.3 Å². The molecule has 9 heteroatoms. The minimum absolute atomic E-state index is 0.359. The van der Waals surface area contributed by atoms with Crippen LogP contribution in [0.3, 0.4) is 0 Å². The molecule has 8 nitrogen and oxygen atoms in total. The molecule has 0 radical (unpaired) electrons. The number of carbonyl (C=O) groups excluding carboxylic acids is 1. The number of thiophene rings is 1. The highest BCUT2D eigenvalue weighted by Crippen LogP contribution is 2.23. The average Bonchev–Trinajstić information content (AvgIpc) is 3.24. The standard InChI is InChI=1S/C14H13N7OS/c1-8-10(5-15)13(21(2)20-8)18-19-14(22)11-6-16-17-12(11)9-3-4-23-7-9/h3-4,6-7,18H,1-2H3,(H,16,17)(H,19,22). The van der Waals surface area contributed by atoms with Gasteiger partial charge in [0.2, 0.25) is 0 Å². The highest BCUT2D eigenvalue weighted by atomic mass is 32.1. The number of hydrazine groups is 1. The molecule has 23 heavy (non-hydrogen) atoms. The molecule has 0 aliphatic carbocycles. The number of aromatic amines is 1. The molecule has 0 aliphatic rings. The quantitative estimate of drug-likeness (QED) is 0.633. The van der Waals surface area contributed by atoms with E-state index in [9.17, 15) is 4.79 Å². The Hall–Kier alpha value is -3.12. The van der Waals surface area contributed by atoms with Gasteiger partial charge in [-0.25, -0.2) is 0 Å². The Labute approximate surface area is 135 Å². The van der Waals surface area contributed by atoms with Crippen LogP contribution in [-0.4, -0.2) is 25.9 Å². The highest BCUT2D eigenvalue weighted by Gasteiger charge is 2.17. The van der Waals surface area contributed by atoms with Gasteiger partial charge < -0.3 is 0 Å². The van der Waals surface area contributed by atoms with Crippen LogP contribution < -0.4 is 10.9 Å². The minimum Gasteiger partial charge on any atom is -0.281 e. The summed E-state index contributed by atoms with van der Waals surface area (Å²) in [6, 6.07) is 3.97. The number of aromatic nitrogens is 4. The molecule has 0 bridgehead atoms.